The molecule has 0 fully saturated rings. The molecule has 0 radical (unpaired) electrons. The van der Waals surface area contributed by atoms with Crippen LogP contribution in [-0.2, 0) is 0 Å². The first-order chi connectivity index (χ1) is 6.16. The highest BCUT2D eigenvalue weighted by Gasteiger charge is 2.10. The van der Waals surface area contributed by atoms with Crippen LogP contribution in [0, 0.1) is 6.92 Å². The Kier molecular flexibility index (Phi) is 2.01. The molecule has 4 nitrogen and oxygen atoms in total. The highest BCUT2D eigenvalue weighted by Crippen LogP contribution is 2.27. The van der Waals surface area contributed by atoms with Crippen LogP contribution in [0.2, 0.25) is 10.2 Å². The number of rotatable bonds is 1. The zero-order chi connectivity index (χ0) is 9.42. The standard InChI is InChI=1S/C7H5Cl2N3O/c1-3-11-12-7(13-3)5-2-4(8)6(9)10-5/h2,10H,1H3. The number of H-pyrrole nitrogens is 1. The Hall–Kier alpha value is -1.00. The van der Waals surface area contributed by atoms with Gasteiger partial charge in [0.1, 0.15) is 10.8 Å². The maximum absolute atomic E-state index is 5.73. The molecule has 13 heavy (non-hydrogen) atoms. The quantitative estimate of drug-likeness (QED) is 0.800. The van der Waals surface area contributed by atoms with E-state index in [0.717, 1.165) is 0 Å². The Morgan fingerprint density at radius 1 is 1.38 bits per heavy atom. The fraction of sp³-hybridized carbons (Fsp3) is 0.143. The van der Waals surface area contributed by atoms with Crippen LogP contribution in [-0.4, -0.2) is 15.2 Å². The van der Waals surface area contributed by atoms with Crippen molar-refractivity contribution in [1.82, 2.24) is 15.2 Å². The van der Waals surface area contributed by atoms with Gasteiger partial charge in [-0.15, -0.1) is 10.2 Å². The smallest absolute Gasteiger partial charge is 0.264 e. The van der Waals surface area contributed by atoms with E-state index in [0.29, 0.717) is 27.7 Å². The van der Waals surface area contributed by atoms with Gasteiger partial charge in [0, 0.05) is 6.92 Å². The lowest BCUT2D eigenvalue weighted by Gasteiger charge is -1.85. The average Bonchev–Trinajstić information content (AvgIpc) is 2.61. The number of aromatic amines is 1. The van der Waals surface area contributed by atoms with Crippen LogP contribution in [0.4, 0.5) is 0 Å². The van der Waals surface area contributed by atoms with Crippen molar-refractivity contribution in [3.05, 3.63) is 22.1 Å². The Morgan fingerprint density at radius 3 is 2.62 bits per heavy atom. The Labute approximate surface area is 83.9 Å². The van der Waals surface area contributed by atoms with Crippen molar-refractivity contribution in [2.75, 3.05) is 0 Å². The zero-order valence-corrected chi connectivity index (χ0v) is 8.15. The zero-order valence-electron chi connectivity index (χ0n) is 6.64. The largest absolute Gasteiger partial charge is 0.420 e. The molecule has 0 aliphatic heterocycles. The van der Waals surface area contributed by atoms with Gasteiger partial charge in [0.15, 0.2) is 0 Å². The van der Waals surface area contributed by atoms with Crippen molar-refractivity contribution in [1.29, 1.82) is 0 Å². The van der Waals surface area contributed by atoms with Gasteiger partial charge in [-0.2, -0.15) is 0 Å². The minimum absolute atomic E-state index is 0.368. The molecule has 0 aliphatic carbocycles. The predicted molar refractivity (Wildman–Crippen MR) is 48.8 cm³/mol. The maximum Gasteiger partial charge on any atom is 0.264 e. The first-order valence-electron chi connectivity index (χ1n) is 3.51. The molecule has 0 unspecified atom stereocenters. The average molecular weight is 218 g/mol. The first-order valence-corrected chi connectivity index (χ1v) is 4.27. The van der Waals surface area contributed by atoms with Gasteiger partial charge in [0.2, 0.25) is 5.89 Å². The molecule has 68 valence electrons. The Bertz CT molecular complexity index is 415. The summed E-state index contributed by atoms with van der Waals surface area (Å²) >= 11 is 11.4. The third-order valence-electron chi connectivity index (χ3n) is 1.48. The lowest BCUT2D eigenvalue weighted by atomic mass is 10.4. The van der Waals surface area contributed by atoms with E-state index in [-0.39, 0.29) is 0 Å². The van der Waals surface area contributed by atoms with Gasteiger partial charge >= 0.3 is 0 Å². The number of hydrogen-bond donors (Lipinski definition) is 1. The molecular weight excluding hydrogens is 213 g/mol. The molecule has 6 heteroatoms. The Morgan fingerprint density at radius 2 is 2.15 bits per heavy atom. The molecule has 0 amide bonds. The second-order valence-corrected chi connectivity index (χ2v) is 3.26. The molecule has 1 N–H and O–H groups in total. The molecule has 2 aromatic rings. The van der Waals surface area contributed by atoms with Crippen LogP contribution < -0.4 is 0 Å². The van der Waals surface area contributed by atoms with Crippen molar-refractivity contribution >= 4 is 23.2 Å². The van der Waals surface area contributed by atoms with E-state index >= 15 is 0 Å². The Balaban J connectivity index is 2.46. The van der Waals surface area contributed by atoms with E-state index in [4.69, 9.17) is 27.6 Å². The van der Waals surface area contributed by atoms with Crippen LogP contribution in [0.5, 0.6) is 0 Å². The molecule has 0 aliphatic rings. The minimum Gasteiger partial charge on any atom is -0.420 e. The summed E-state index contributed by atoms with van der Waals surface area (Å²) in [5.41, 5.74) is 0.621. The van der Waals surface area contributed by atoms with Crippen LogP contribution in [0.1, 0.15) is 5.89 Å². The molecule has 2 heterocycles. The van der Waals surface area contributed by atoms with E-state index in [1.165, 1.54) is 0 Å². The van der Waals surface area contributed by atoms with E-state index in [1.807, 2.05) is 0 Å². The number of nitrogens with one attached hydrogen (secondary N) is 1. The van der Waals surface area contributed by atoms with Gasteiger partial charge < -0.3 is 9.40 Å². The second kappa shape index (κ2) is 3.05. The van der Waals surface area contributed by atoms with Gasteiger partial charge in [-0.05, 0) is 6.07 Å². The van der Waals surface area contributed by atoms with E-state index in [9.17, 15) is 0 Å². The summed E-state index contributed by atoms with van der Waals surface area (Å²) in [5, 5.41) is 8.29. The topological polar surface area (TPSA) is 54.7 Å². The lowest BCUT2D eigenvalue weighted by Crippen LogP contribution is -1.75. The third kappa shape index (κ3) is 1.55. The van der Waals surface area contributed by atoms with Crippen LogP contribution >= 0.6 is 23.2 Å². The summed E-state index contributed by atoms with van der Waals surface area (Å²) in [6.07, 6.45) is 0. The van der Waals surface area contributed by atoms with Crippen LogP contribution in [0.3, 0.4) is 0 Å². The monoisotopic (exact) mass is 217 g/mol. The molecule has 0 spiro atoms. The van der Waals surface area contributed by atoms with Gasteiger partial charge in [-0.1, -0.05) is 23.2 Å². The van der Waals surface area contributed by atoms with Gasteiger partial charge in [0.25, 0.3) is 5.89 Å². The third-order valence-corrected chi connectivity index (χ3v) is 2.17. The first kappa shape index (κ1) is 8.59. The molecule has 2 rings (SSSR count). The van der Waals surface area contributed by atoms with E-state index in [2.05, 4.69) is 15.2 Å². The summed E-state index contributed by atoms with van der Waals surface area (Å²) in [6.45, 7) is 1.71. The number of aromatic nitrogens is 3. The van der Waals surface area contributed by atoms with Crippen LogP contribution in [0.25, 0.3) is 11.6 Å². The summed E-state index contributed by atoms with van der Waals surface area (Å²) in [7, 11) is 0. The molecular formula is C7H5Cl2N3O. The highest BCUT2D eigenvalue weighted by atomic mass is 35.5. The fourth-order valence-electron chi connectivity index (χ4n) is 0.925. The van der Waals surface area contributed by atoms with E-state index < -0.39 is 0 Å². The van der Waals surface area contributed by atoms with Crippen molar-refractivity contribution in [2.45, 2.75) is 6.92 Å². The summed E-state index contributed by atoms with van der Waals surface area (Å²) < 4.78 is 5.17. The van der Waals surface area contributed by atoms with E-state index in [1.54, 1.807) is 13.0 Å². The number of halogens is 2. The number of hydrogen-bond acceptors (Lipinski definition) is 3. The SMILES string of the molecule is Cc1nnc(-c2cc(Cl)c(Cl)[nH]2)o1. The minimum atomic E-state index is 0.368. The fourth-order valence-corrected chi connectivity index (χ4v) is 1.24. The molecule has 2 aromatic heterocycles. The van der Waals surface area contributed by atoms with Crippen molar-refractivity contribution < 1.29 is 4.42 Å². The summed E-state index contributed by atoms with van der Waals surface area (Å²) in [5.74, 6) is 0.878. The molecule has 0 saturated heterocycles. The van der Waals surface area contributed by atoms with Crippen molar-refractivity contribution in [2.24, 2.45) is 0 Å². The van der Waals surface area contributed by atoms with Crippen molar-refractivity contribution in [3.8, 4) is 11.6 Å². The molecule has 0 aromatic carbocycles. The van der Waals surface area contributed by atoms with Gasteiger partial charge in [-0.25, -0.2) is 0 Å². The predicted octanol–water partition coefficient (Wildman–Crippen LogP) is 2.68. The highest BCUT2D eigenvalue weighted by molar-refractivity contribution is 6.41. The van der Waals surface area contributed by atoms with Gasteiger partial charge in [-0.3, -0.25) is 0 Å². The van der Waals surface area contributed by atoms with Crippen LogP contribution in [0.15, 0.2) is 10.5 Å². The maximum atomic E-state index is 5.73. The molecule has 0 saturated carbocycles. The number of nitrogens with zero attached hydrogens (tertiary/aromatic N) is 2. The number of aryl methyl sites for hydroxylation is 1. The molecule has 0 bridgehead atoms. The normalized spacial score (nSPS) is 10.7. The van der Waals surface area contributed by atoms with Gasteiger partial charge in [0.05, 0.1) is 5.02 Å². The van der Waals surface area contributed by atoms with Crippen molar-refractivity contribution in [3.63, 3.8) is 0 Å². The molecule has 0 atom stereocenters. The summed E-state index contributed by atoms with van der Waals surface area (Å²) in [4.78, 5) is 2.81. The summed E-state index contributed by atoms with van der Waals surface area (Å²) in [6, 6.07) is 1.64. The second-order valence-electron chi connectivity index (χ2n) is 2.47. The lowest BCUT2D eigenvalue weighted by molar-refractivity contribution is 0.531.